The number of hydrogen-bond donors (Lipinski definition) is 3. The summed E-state index contributed by atoms with van der Waals surface area (Å²) in [6.07, 6.45) is 2.87. The van der Waals surface area contributed by atoms with Gasteiger partial charge in [0.05, 0.1) is 12.8 Å². The van der Waals surface area contributed by atoms with E-state index in [2.05, 4.69) is 16.0 Å². The smallest absolute Gasteiger partial charge is 0.342 e. The summed E-state index contributed by atoms with van der Waals surface area (Å²) in [5, 5.41) is 9.24. The summed E-state index contributed by atoms with van der Waals surface area (Å²) in [5.74, 6) is -1.49. The van der Waals surface area contributed by atoms with Gasteiger partial charge in [-0.15, -0.1) is 11.3 Å². The molecule has 2 aromatic heterocycles. The molecule has 0 aliphatic rings. The fraction of sp³-hybridized carbons (Fsp3) is 0.167. The van der Waals surface area contributed by atoms with Crippen LogP contribution >= 0.6 is 11.3 Å². The third kappa shape index (κ3) is 6.91. The van der Waals surface area contributed by atoms with Crippen LogP contribution in [0.25, 0.3) is 11.1 Å². The van der Waals surface area contributed by atoms with E-state index in [4.69, 9.17) is 9.15 Å². The first-order valence-electron chi connectivity index (χ1n) is 10.2. The molecule has 0 fully saturated rings. The summed E-state index contributed by atoms with van der Waals surface area (Å²) in [6.45, 7) is 2.97. The maximum atomic E-state index is 12.9. The zero-order valence-electron chi connectivity index (χ0n) is 18.5. The molecule has 4 amide bonds. The summed E-state index contributed by atoms with van der Waals surface area (Å²) in [6, 6.07) is 11.7. The molecule has 0 bridgehead atoms. The molecule has 2 heterocycles. The van der Waals surface area contributed by atoms with Crippen molar-refractivity contribution in [3.63, 3.8) is 0 Å². The topological polar surface area (TPSA) is 127 Å². The van der Waals surface area contributed by atoms with Gasteiger partial charge in [0.25, 0.3) is 5.91 Å². The van der Waals surface area contributed by atoms with Crippen molar-refractivity contribution in [2.75, 3.05) is 11.9 Å². The number of nitrogens with one attached hydrogen (secondary N) is 3. The quantitative estimate of drug-likeness (QED) is 0.328. The van der Waals surface area contributed by atoms with E-state index in [1.807, 2.05) is 30.3 Å². The average Bonchev–Trinajstić information content (AvgIpc) is 3.46. The molecular weight excluding hydrogens is 458 g/mol. The number of benzene rings is 1. The van der Waals surface area contributed by atoms with Crippen LogP contribution in [0.3, 0.4) is 0 Å². The van der Waals surface area contributed by atoms with E-state index in [1.165, 1.54) is 23.7 Å². The number of ether oxygens (including phenoxy) is 1. The SMILES string of the molecule is CC(C)=CC(=O)Nc1scc(-c2ccccc2)c1C(=O)OCC(=O)NC(=O)NCc1ccco1. The van der Waals surface area contributed by atoms with Gasteiger partial charge in [-0.3, -0.25) is 14.9 Å². The highest BCUT2D eigenvalue weighted by Crippen LogP contribution is 2.36. The maximum Gasteiger partial charge on any atom is 0.342 e. The lowest BCUT2D eigenvalue weighted by molar-refractivity contribution is -0.123. The maximum absolute atomic E-state index is 12.9. The van der Waals surface area contributed by atoms with Crippen molar-refractivity contribution in [3.05, 3.63) is 77.1 Å². The molecule has 34 heavy (non-hydrogen) atoms. The van der Waals surface area contributed by atoms with Crippen LogP contribution in [0.1, 0.15) is 30.0 Å². The number of thiophene rings is 1. The molecule has 0 unspecified atom stereocenters. The Morgan fingerprint density at radius 2 is 1.82 bits per heavy atom. The fourth-order valence-electron chi connectivity index (χ4n) is 2.88. The number of carbonyl (C=O) groups excluding carboxylic acids is 4. The number of rotatable bonds is 8. The van der Waals surface area contributed by atoms with Gasteiger partial charge in [-0.05, 0) is 31.5 Å². The van der Waals surface area contributed by atoms with Crippen LogP contribution in [0.4, 0.5) is 9.80 Å². The first-order valence-corrected chi connectivity index (χ1v) is 11.1. The molecule has 0 aliphatic heterocycles. The Kier molecular flexibility index (Phi) is 8.36. The van der Waals surface area contributed by atoms with Gasteiger partial charge in [-0.25, -0.2) is 9.59 Å². The summed E-state index contributed by atoms with van der Waals surface area (Å²) in [7, 11) is 0. The van der Waals surface area contributed by atoms with E-state index in [-0.39, 0.29) is 18.0 Å². The van der Waals surface area contributed by atoms with Crippen molar-refractivity contribution in [3.8, 4) is 11.1 Å². The molecule has 9 nitrogen and oxygen atoms in total. The van der Waals surface area contributed by atoms with Gasteiger partial charge >= 0.3 is 12.0 Å². The molecule has 0 atom stereocenters. The molecule has 0 spiro atoms. The van der Waals surface area contributed by atoms with Crippen molar-refractivity contribution in [2.24, 2.45) is 0 Å². The number of amides is 4. The minimum absolute atomic E-state index is 0.0932. The lowest BCUT2D eigenvalue weighted by Gasteiger charge is -2.10. The predicted molar refractivity (Wildman–Crippen MR) is 127 cm³/mol. The second-order valence-corrected chi connectivity index (χ2v) is 8.20. The highest BCUT2D eigenvalue weighted by Gasteiger charge is 2.23. The molecular formula is C24H23N3O6S. The average molecular weight is 482 g/mol. The molecule has 0 saturated heterocycles. The van der Waals surface area contributed by atoms with Crippen LogP contribution in [0.2, 0.25) is 0 Å². The summed E-state index contributed by atoms with van der Waals surface area (Å²) >= 11 is 1.17. The number of carbonyl (C=O) groups is 4. The van der Waals surface area contributed by atoms with Crippen molar-refractivity contribution < 1.29 is 28.3 Å². The minimum atomic E-state index is -0.808. The van der Waals surface area contributed by atoms with Crippen molar-refractivity contribution in [1.82, 2.24) is 10.6 Å². The Bertz CT molecular complexity index is 1190. The molecule has 176 valence electrons. The summed E-state index contributed by atoms with van der Waals surface area (Å²) < 4.78 is 10.2. The molecule has 0 radical (unpaired) electrons. The third-order valence-electron chi connectivity index (χ3n) is 4.33. The Hall–Kier alpha value is -4.18. The standard InChI is InChI=1S/C24H23N3O6S/c1-15(2)11-19(28)26-22-21(18(14-34-22)16-7-4-3-5-8-16)23(30)33-13-20(29)27-24(31)25-12-17-9-6-10-32-17/h3-11,14H,12-13H2,1-2H3,(H,26,28)(H2,25,27,29,31). The van der Waals surface area contributed by atoms with Crippen LogP contribution in [-0.2, 0) is 20.9 Å². The normalized spacial score (nSPS) is 10.2. The van der Waals surface area contributed by atoms with Crippen LogP contribution in [0.5, 0.6) is 0 Å². The minimum Gasteiger partial charge on any atom is -0.467 e. The van der Waals surface area contributed by atoms with Crippen LogP contribution < -0.4 is 16.0 Å². The van der Waals surface area contributed by atoms with E-state index in [0.29, 0.717) is 16.3 Å². The van der Waals surface area contributed by atoms with Crippen LogP contribution in [0.15, 0.2) is 70.2 Å². The highest BCUT2D eigenvalue weighted by molar-refractivity contribution is 7.15. The van der Waals surface area contributed by atoms with E-state index in [1.54, 1.807) is 31.4 Å². The van der Waals surface area contributed by atoms with Crippen LogP contribution in [0, 0.1) is 0 Å². The first-order chi connectivity index (χ1) is 16.3. The number of urea groups is 1. The van der Waals surface area contributed by atoms with Gasteiger partial charge in [-0.1, -0.05) is 35.9 Å². The molecule has 1 aromatic carbocycles. The molecule has 10 heteroatoms. The zero-order valence-corrected chi connectivity index (χ0v) is 19.4. The molecule has 3 N–H and O–H groups in total. The van der Waals surface area contributed by atoms with Gasteiger partial charge < -0.3 is 19.8 Å². The summed E-state index contributed by atoms with van der Waals surface area (Å²) in [5.41, 5.74) is 2.22. The monoisotopic (exact) mass is 481 g/mol. The molecule has 3 rings (SSSR count). The van der Waals surface area contributed by atoms with Gasteiger partial charge in [0.15, 0.2) is 6.61 Å². The summed E-state index contributed by atoms with van der Waals surface area (Å²) in [4.78, 5) is 49.1. The first kappa shape index (κ1) is 24.5. The number of esters is 1. The second kappa shape index (κ2) is 11.6. The number of furan rings is 1. The van der Waals surface area contributed by atoms with Gasteiger partial charge in [-0.2, -0.15) is 0 Å². The van der Waals surface area contributed by atoms with Gasteiger partial charge in [0.1, 0.15) is 16.3 Å². The Labute approximate surface area is 199 Å². The lowest BCUT2D eigenvalue weighted by atomic mass is 10.0. The number of imide groups is 1. The highest BCUT2D eigenvalue weighted by atomic mass is 32.1. The Morgan fingerprint density at radius 1 is 1.06 bits per heavy atom. The fourth-order valence-corrected chi connectivity index (χ4v) is 3.84. The molecule has 3 aromatic rings. The van der Waals surface area contributed by atoms with E-state index in [0.717, 1.165) is 11.1 Å². The second-order valence-electron chi connectivity index (χ2n) is 7.32. The lowest BCUT2D eigenvalue weighted by Crippen LogP contribution is -2.41. The number of hydrogen-bond acceptors (Lipinski definition) is 7. The van der Waals surface area contributed by atoms with E-state index < -0.39 is 24.5 Å². The Morgan fingerprint density at radius 3 is 2.50 bits per heavy atom. The number of anilines is 1. The van der Waals surface area contributed by atoms with Crippen molar-refractivity contribution in [1.29, 1.82) is 0 Å². The largest absolute Gasteiger partial charge is 0.467 e. The van der Waals surface area contributed by atoms with Crippen LogP contribution in [-0.4, -0.2) is 30.4 Å². The third-order valence-corrected chi connectivity index (χ3v) is 5.22. The van der Waals surface area contributed by atoms with Crippen molar-refractivity contribution >= 4 is 40.2 Å². The van der Waals surface area contributed by atoms with Gasteiger partial charge in [0.2, 0.25) is 5.91 Å². The van der Waals surface area contributed by atoms with Crippen molar-refractivity contribution in [2.45, 2.75) is 20.4 Å². The van der Waals surface area contributed by atoms with E-state index >= 15 is 0 Å². The zero-order chi connectivity index (χ0) is 24.5. The molecule has 0 saturated carbocycles. The van der Waals surface area contributed by atoms with Gasteiger partial charge in [0, 0.05) is 17.0 Å². The van der Waals surface area contributed by atoms with E-state index in [9.17, 15) is 19.2 Å². The number of allylic oxidation sites excluding steroid dienone is 1. The molecule has 0 aliphatic carbocycles. The Balaban J connectivity index is 1.67. The predicted octanol–water partition coefficient (Wildman–Crippen LogP) is 4.10.